The molecule has 2 aliphatic carbocycles. The molecule has 1 saturated carbocycles. The number of phenols is 1. The Morgan fingerprint density at radius 3 is 2.31 bits per heavy atom. The topological polar surface area (TPSA) is 182 Å². The number of benzene rings is 1. The zero-order valence-corrected chi connectivity index (χ0v) is 23.6. The first-order valence-corrected chi connectivity index (χ1v) is 13.3. The maximum atomic E-state index is 14.0. The number of nitrogens with two attached hydrogens (primary N) is 1. The molecule has 0 aromatic heterocycles. The molecule has 0 heterocycles. The van der Waals surface area contributed by atoms with Gasteiger partial charge in [0.2, 0.25) is 11.7 Å². The Kier molecular flexibility index (Phi) is 8.67. The van der Waals surface area contributed by atoms with Crippen molar-refractivity contribution in [1.29, 1.82) is 0 Å². The fourth-order valence-corrected chi connectivity index (χ4v) is 6.29. The van der Waals surface area contributed by atoms with E-state index >= 15 is 0 Å². The first kappa shape index (κ1) is 30.7. The highest BCUT2D eigenvalue weighted by atomic mass is 16.3. The van der Waals surface area contributed by atoms with Crippen LogP contribution >= 0.6 is 0 Å². The summed E-state index contributed by atoms with van der Waals surface area (Å²) in [6.07, 6.45) is -0.367. The van der Waals surface area contributed by atoms with Gasteiger partial charge >= 0.3 is 0 Å². The van der Waals surface area contributed by atoms with E-state index in [1.807, 2.05) is 0 Å². The van der Waals surface area contributed by atoms with E-state index in [1.54, 1.807) is 33.2 Å². The van der Waals surface area contributed by atoms with E-state index in [-0.39, 0.29) is 16.7 Å². The summed E-state index contributed by atoms with van der Waals surface area (Å²) in [5.74, 6) is -7.52. The lowest BCUT2D eigenvalue weighted by Gasteiger charge is -2.51. The molecule has 39 heavy (non-hydrogen) atoms. The molecule has 1 fully saturated rings. The summed E-state index contributed by atoms with van der Waals surface area (Å²) in [6, 6.07) is 2.46. The van der Waals surface area contributed by atoms with E-state index in [9.17, 15) is 39.9 Å². The van der Waals surface area contributed by atoms with E-state index in [0.29, 0.717) is 17.5 Å². The van der Waals surface area contributed by atoms with Crippen molar-refractivity contribution < 1.29 is 39.9 Å². The van der Waals surface area contributed by atoms with E-state index in [1.165, 1.54) is 4.90 Å². The SMILES string of the molecule is C[C@H]1c2ccc(CCCC(C)(C)C)c(O)c2C(O)=C2C(=O)[C@](O)(C(=O)CC(N)=O)[C@H]([C@@H](CO)N(C)C)[C@@H](O)[C@@H]21. The van der Waals surface area contributed by atoms with Crippen molar-refractivity contribution in [2.45, 2.75) is 77.0 Å². The highest BCUT2D eigenvalue weighted by Gasteiger charge is 2.64. The van der Waals surface area contributed by atoms with E-state index in [0.717, 1.165) is 12.8 Å². The van der Waals surface area contributed by atoms with Crippen LogP contribution in [0.3, 0.4) is 0 Å². The molecule has 0 spiro atoms. The van der Waals surface area contributed by atoms with E-state index < -0.39 is 77.3 Å². The molecule has 216 valence electrons. The van der Waals surface area contributed by atoms with Crippen LogP contribution in [0.15, 0.2) is 17.7 Å². The second-order valence-corrected chi connectivity index (χ2v) is 12.4. The molecule has 6 atom stereocenters. The number of rotatable bonds is 9. The minimum atomic E-state index is -2.96. The second kappa shape index (κ2) is 11.0. The number of likely N-dealkylation sites (N-methyl/N-ethyl adjacent to an activating group) is 1. The predicted octanol–water partition coefficient (Wildman–Crippen LogP) is 1.42. The summed E-state index contributed by atoms with van der Waals surface area (Å²) in [6.45, 7) is 7.45. The number of aliphatic hydroxyl groups is 4. The summed E-state index contributed by atoms with van der Waals surface area (Å²) < 4.78 is 0. The van der Waals surface area contributed by atoms with Gasteiger partial charge in [-0.25, -0.2) is 0 Å². The molecule has 10 heteroatoms. The van der Waals surface area contributed by atoms with Crippen LogP contribution in [0.25, 0.3) is 5.76 Å². The first-order chi connectivity index (χ1) is 18.0. The van der Waals surface area contributed by atoms with Crippen LogP contribution in [0.4, 0.5) is 0 Å². The lowest BCUT2D eigenvalue weighted by Crippen LogP contribution is -2.69. The Balaban J connectivity index is 2.22. The maximum Gasteiger partial charge on any atom is 0.225 e. The lowest BCUT2D eigenvalue weighted by molar-refractivity contribution is -0.176. The van der Waals surface area contributed by atoms with E-state index in [2.05, 4.69) is 20.8 Å². The molecule has 1 aromatic carbocycles. The number of hydrogen-bond acceptors (Lipinski definition) is 9. The van der Waals surface area contributed by atoms with Gasteiger partial charge < -0.3 is 36.2 Å². The molecule has 2 aliphatic rings. The molecule has 3 rings (SSSR count). The third-order valence-electron chi connectivity index (χ3n) is 8.35. The summed E-state index contributed by atoms with van der Waals surface area (Å²) in [5, 5.41) is 56.2. The number of nitrogens with zero attached hydrogens (tertiary/aromatic N) is 1. The number of hydrogen-bond donors (Lipinski definition) is 6. The fraction of sp³-hybridized carbons (Fsp3) is 0.621. The standard InChI is InChI=1S/C29H42N2O8/c1-14-16-10-9-15(8-7-11-28(2,3)4)24(35)21(16)25(36)22-20(14)26(37)23(17(13-32)31(5)6)29(39,27(22)38)18(33)12-19(30)34/h9-10,14,17,20,23,26,32,35-37,39H,7-8,11-13H2,1-6H3,(H2,30,34)/t14-,17+,20+,23+,26-,29-/m0/s1. The molecular weight excluding hydrogens is 504 g/mol. The number of carbonyl (C=O) groups is 3. The van der Waals surface area contributed by atoms with E-state index in [4.69, 9.17) is 5.73 Å². The summed E-state index contributed by atoms with van der Waals surface area (Å²) in [7, 11) is 3.11. The normalized spacial score (nSPS) is 27.8. The summed E-state index contributed by atoms with van der Waals surface area (Å²) in [4.78, 5) is 40.3. The van der Waals surface area contributed by atoms with Crippen LogP contribution < -0.4 is 5.73 Å². The highest BCUT2D eigenvalue weighted by molar-refractivity contribution is 6.23. The Hall–Kier alpha value is -2.79. The highest BCUT2D eigenvalue weighted by Crippen LogP contribution is 2.54. The molecule has 7 N–H and O–H groups in total. The lowest BCUT2D eigenvalue weighted by atomic mass is 9.56. The van der Waals surface area contributed by atoms with Crippen molar-refractivity contribution in [2.75, 3.05) is 20.7 Å². The first-order valence-electron chi connectivity index (χ1n) is 13.3. The number of primary amides is 1. The van der Waals surface area contributed by atoms with Crippen molar-refractivity contribution >= 4 is 23.2 Å². The molecule has 1 amide bonds. The van der Waals surface area contributed by atoms with Crippen LogP contribution in [0.1, 0.15) is 69.6 Å². The molecule has 1 aromatic rings. The molecule has 10 nitrogen and oxygen atoms in total. The summed E-state index contributed by atoms with van der Waals surface area (Å²) in [5.41, 5.74) is 3.05. The molecule has 0 aliphatic heterocycles. The van der Waals surface area contributed by atoms with Crippen molar-refractivity contribution in [2.24, 2.45) is 23.0 Å². The van der Waals surface area contributed by atoms with Crippen LogP contribution in [0.5, 0.6) is 5.75 Å². The van der Waals surface area contributed by atoms with Crippen molar-refractivity contribution in [3.8, 4) is 5.75 Å². The third kappa shape index (κ3) is 5.35. The number of aromatic hydroxyl groups is 1. The molecule has 0 unspecified atom stereocenters. The Labute approximate surface area is 229 Å². The number of ketones is 2. The quantitative estimate of drug-likeness (QED) is 0.250. The number of aliphatic hydroxyl groups excluding tert-OH is 3. The van der Waals surface area contributed by atoms with Crippen molar-refractivity contribution in [1.82, 2.24) is 4.90 Å². The Bertz CT molecular complexity index is 1180. The Morgan fingerprint density at radius 1 is 1.18 bits per heavy atom. The number of Topliss-reactive ketones (excluding diaryl/α,β-unsaturated/α-hetero) is 2. The van der Waals surface area contributed by atoms with Gasteiger partial charge in [-0.1, -0.05) is 39.8 Å². The van der Waals surface area contributed by atoms with Crippen LogP contribution in [-0.4, -0.2) is 86.4 Å². The molecule has 0 radical (unpaired) electrons. The van der Waals surface area contributed by atoms with Gasteiger partial charge in [-0.3, -0.25) is 14.4 Å². The number of aryl methyl sites for hydroxylation is 1. The van der Waals surface area contributed by atoms with Crippen LogP contribution in [0, 0.1) is 17.3 Å². The predicted molar refractivity (Wildman–Crippen MR) is 145 cm³/mol. The van der Waals surface area contributed by atoms with Gasteiger partial charge in [-0.15, -0.1) is 0 Å². The van der Waals surface area contributed by atoms with Crippen LogP contribution in [-0.2, 0) is 20.8 Å². The minimum absolute atomic E-state index is 0.0250. The smallest absolute Gasteiger partial charge is 0.225 e. The van der Waals surface area contributed by atoms with Crippen LogP contribution in [0.2, 0.25) is 0 Å². The molecule has 0 bridgehead atoms. The Morgan fingerprint density at radius 2 is 1.79 bits per heavy atom. The van der Waals surface area contributed by atoms with Gasteiger partial charge in [0.25, 0.3) is 0 Å². The number of phenolic OH excluding ortho intramolecular Hbond substituents is 1. The molecular formula is C29H42N2O8. The van der Waals surface area contributed by atoms with Gasteiger partial charge in [0.1, 0.15) is 11.5 Å². The van der Waals surface area contributed by atoms with Gasteiger partial charge in [0.15, 0.2) is 11.4 Å². The second-order valence-electron chi connectivity index (χ2n) is 12.4. The molecule has 0 saturated heterocycles. The van der Waals surface area contributed by atoms with Gasteiger partial charge in [-0.05, 0) is 55.8 Å². The number of amides is 1. The minimum Gasteiger partial charge on any atom is -0.507 e. The summed E-state index contributed by atoms with van der Waals surface area (Å²) >= 11 is 0. The number of carbonyl (C=O) groups excluding carboxylic acids is 3. The van der Waals surface area contributed by atoms with Crippen molar-refractivity contribution in [3.05, 3.63) is 34.4 Å². The zero-order chi connectivity index (χ0) is 29.6. The zero-order valence-electron chi connectivity index (χ0n) is 23.6. The number of fused-ring (bicyclic) bond motifs is 2. The van der Waals surface area contributed by atoms with Gasteiger partial charge in [0, 0.05) is 23.5 Å². The third-order valence-corrected chi connectivity index (χ3v) is 8.35. The maximum absolute atomic E-state index is 14.0. The fourth-order valence-electron chi connectivity index (χ4n) is 6.29. The van der Waals surface area contributed by atoms with Gasteiger partial charge in [0.05, 0.1) is 24.7 Å². The van der Waals surface area contributed by atoms with Gasteiger partial charge in [-0.2, -0.15) is 0 Å². The largest absolute Gasteiger partial charge is 0.507 e. The average Bonchev–Trinajstić information content (AvgIpc) is 2.81. The monoisotopic (exact) mass is 546 g/mol. The van der Waals surface area contributed by atoms with Crippen molar-refractivity contribution in [3.63, 3.8) is 0 Å². The average molecular weight is 547 g/mol.